The van der Waals surface area contributed by atoms with Crippen molar-refractivity contribution in [1.82, 2.24) is 0 Å². The van der Waals surface area contributed by atoms with Crippen molar-refractivity contribution in [2.24, 2.45) is 28.6 Å². The SMILES string of the molecule is C#CC1=CCC2C3CCC4=C[C@@H](O)CC[C@]4(C)C3CC[C@]12C. The van der Waals surface area contributed by atoms with Gasteiger partial charge in [-0.2, -0.15) is 0 Å². The summed E-state index contributed by atoms with van der Waals surface area (Å²) >= 11 is 0. The van der Waals surface area contributed by atoms with Gasteiger partial charge in [-0.05, 0) is 68.1 Å². The third-order valence-electron chi connectivity index (χ3n) is 7.83. The van der Waals surface area contributed by atoms with Gasteiger partial charge in [0.1, 0.15) is 0 Å². The maximum absolute atomic E-state index is 10.0. The fraction of sp³-hybridized carbons (Fsp3) is 0.714. The van der Waals surface area contributed by atoms with Gasteiger partial charge in [0.05, 0.1) is 6.10 Å². The van der Waals surface area contributed by atoms with Crippen molar-refractivity contribution in [3.8, 4) is 12.3 Å². The Bertz CT molecular complexity index is 592. The van der Waals surface area contributed by atoms with Gasteiger partial charge in [-0.1, -0.05) is 37.5 Å². The van der Waals surface area contributed by atoms with Crippen LogP contribution in [0.5, 0.6) is 0 Å². The number of aliphatic hydroxyl groups is 1. The Labute approximate surface area is 134 Å². The van der Waals surface area contributed by atoms with Crippen LogP contribution in [0.15, 0.2) is 23.3 Å². The van der Waals surface area contributed by atoms with Crippen molar-refractivity contribution in [3.05, 3.63) is 23.3 Å². The largest absolute Gasteiger partial charge is 0.389 e. The van der Waals surface area contributed by atoms with Crippen molar-refractivity contribution in [3.63, 3.8) is 0 Å². The molecule has 118 valence electrons. The molecule has 6 atom stereocenters. The third-order valence-corrected chi connectivity index (χ3v) is 7.83. The quantitative estimate of drug-likeness (QED) is 0.516. The lowest BCUT2D eigenvalue weighted by atomic mass is 9.47. The van der Waals surface area contributed by atoms with E-state index in [0.717, 1.165) is 24.2 Å². The standard InChI is InChI=1S/C21H28O/c1-4-14-6-8-18-17-7-5-15-13-16(22)9-11-21(15,3)19(17)10-12-20(14,18)2/h1,6,13,16-19,22H,5,7-12H2,2-3H3/t16-,17?,18?,19?,20+,21-/m0/s1. The molecule has 1 nitrogen and oxygen atoms in total. The van der Waals surface area contributed by atoms with Crippen molar-refractivity contribution in [2.45, 2.75) is 64.9 Å². The zero-order valence-electron chi connectivity index (χ0n) is 13.9. The molecule has 3 unspecified atom stereocenters. The third kappa shape index (κ3) is 1.77. The van der Waals surface area contributed by atoms with Crippen LogP contribution in [0.1, 0.15) is 58.8 Å². The van der Waals surface area contributed by atoms with Crippen molar-refractivity contribution in [2.75, 3.05) is 0 Å². The fourth-order valence-electron chi connectivity index (χ4n) is 6.50. The molecule has 4 aliphatic rings. The maximum atomic E-state index is 10.0. The van der Waals surface area contributed by atoms with E-state index < -0.39 is 0 Å². The Morgan fingerprint density at radius 1 is 1.14 bits per heavy atom. The highest BCUT2D eigenvalue weighted by Crippen LogP contribution is 2.65. The lowest BCUT2D eigenvalue weighted by Crippen LogP contribution is -2.50. The second-order valence-electron chi connectivity index (χ2n) is 8.58. The maximum Gasteiger partial charge on any atom is 0.0724 e. The van der Waals surface area contributed by atoms with Gasteiger partial charge in [-0.25, -0.2) is 0 Å². The molecule has 1 heteroatoms. The molecule has 22 heavy (non-hydrogen) atoms. The highest BCUT2D eigenvalue weighted by atomic mass is 16.3. The predicted molar refractivity (Wildman–Crippen MR) is 90.0 cm³/mol. The average Bonchev–Trinajstić information content (AvgIpc) is 2.84. The van der Waals surface area contributed by atoms with Crippen LogP contribution < -0.4 is 0 Å². The molecule has 2 saturated carbocycles. The monoisotopic (exact) mass is 296 g/mol. The van der Waals surface area contributed by atoms with E-state index in [1.54, 1.807) is 5.57 Å². The van der Waals surface area contributed by atoms with Crippen LogP contribution in [0.3, 0.4) is 0 Å². The van der Waals surface area contributed by atoms with Gasteiger partial charge in [0.2, 0.25) is 0 Å². The summed E-state index contributed by atoms with van der Waals surface area (Å²) in [5, 5.41) is 10.0. The van der Waals surface area contributed by atoms with Gasteiger partial charge in [-0.3, -0.25) is 0 Å². The summed E-state index contributed by atoms with van der Waals surface area (Å²) in [6, 6.07) is 0. The van der Waals surface area contributed by atoms with Crippen molar-refractivity contribution >= 4 is 0 Å². The minimum atomic E-state index is -0.199. The second-order valence-corrected chi connectivity index (χ2v) is 8.58. The van der Waals surface area contributed by atoms with Crippen LogP contribution in [0.2, 0.25) is 0 Å². The molecule has 0 aliphatic heterocycles. The van der Waals surface area contributed by atoms with Crippen LogP contribution in [-0.2, 0) is 0 Å². The molecule has 0 aromatic carbocycles. The summed E-state index contributed by atoms with van der Waals surface area (Å²) in [6.45, 7) is 4.90. The molecule has 0 saturated heterocycles. The Kier molecular flexibility index (Phi) is 3.15. The highest BCUT2D eigenvalue weighted by molar-refractivity contribution is 5.39. The lowest BCUT2D eigenvalue weighted by Gasteiger charge is -2.58. The highest BCUT2D eigenvalue weighted by Gasteiger charge is 2.56. The van der Waals surface area contributed by atoms with Crippen LogP contribution in [0.4, 0.5) is 0 Å². The van der Waals surface area contributed by atoms with E-state index >= 15 is 0 Å². The van der Waals surface area contributed by atoms with Gasteiger partial charge >= 0.3 is 0 Å². The molecule has 0 radical (unpaired) electrons. The first kappa shape index (κ1) is 14.6. The first-order valence-corrected chi connectivity index (χ1v) is 9.05. The number of aliphatic hydroxyl groups excluding tert-OH is 1. The molecular formula is C21H28O. The van der Waals surface area contributed by atoms with E-state index in [2.05, 4.69) is 31.9 Å². The first-order chi connectivity index (χ1) is 10.5. The zero-order valence-corrected chi connectivity index (χ0v) is 13.9. The Hall–Kier alpha value is -1.00. The van der Waals surface area contributed by atoms with Crippen molar-refractivity contribution < 1.29 is 5.11 Å². The van der Waals surface area contributed by atoms with E-state index in [4.69, 9.17) is 6.42 Å². The fourth-order valence-corrected chi connectivity index (χ4v) is 6.50. The Morgan fingerprint density at radius 2 is 1.91 bits per heavy atom. The van der Waals surface area contributed by atoms with E-state index in [-0.39, 0.29) is 11.5 Å². The number of fused-ring (bicyclic) bond motifs is 5. The molecule has 4 aliphatic carbocycles. The van der Waals surface area contributed by atoms with Crippen LogP contribution in [0, 0.1) is 40.9 Å². The Balaban J connectivity index is 1.68. The molecule has 4 rings (SSSR count). The molecule has 0 heterocycles. The summed E-state index contributed by atoms with van der Waals surface area (Å²) in [5.74, 6) is 5.35. The predicted octanol–water partition coefficient (Wildman–Crippen LogP) is 4.48. The molecule has 0 spiro atoms. The van der Waals surface area contributed by atoms with Gasteiger partial charge in [-0.15, -0.1) is 6.42 Å². The van der Waals surface area contributed by atoms with Gasteiger partial charge in [0, 0.05) is 11.0 Å². The lowest BCUT2D eigenvalue weighted by molar-refractivity contribution is -0.0328. The first-order valence-electron chi connectivity index (χ1n) is 9.05. The summed E-state index contributed by atoms with van der Waals surface area (Å²) in [4.78, 5) is 0. The molecule has 0 aromatic rings. The molecule has 0 bridgehead atoms. The van der Waals surface area contributed by atoms with E-state index in [9.17, 15) is 5.11 Å². The van der Waals surface area contributed by atoms with Gasteiger partial charge < -0.3 is 5.11 Å². The summed E-state index contributed by atoms with van der Waals surface area (Å²) in [7, 11) is 0. The normalized spacial score (nSPS) is 50.1. The number of hydrogen-bond acceptors (Lipinski definition) is 1. The Morgan fingerprint density at radius 3 is 2.68 bits per heavy atom. The summed E-state index contributed by atoms with van der Waals surface area (Å²) in [5.41, 5.74) is 3.44. The van der Waals surface area contributed by atoms with Gasteiger partial charge in [0.25, 0.3) is 0 Å². The molecule has 0 amide bonds. The van der Waals surface area contributed by atoms with Crippen LogP contribution in [0.25, 0.3) is 0 Å². The van der Waals surface area contributed by atoms with Crippen LogP contribution in [-0.4, -0.2) is 11.2 Å². The molecular weight excluding hydrogens is 268 g/mol. The zero-order chi connectivity index (χ0) is 15.5. The average molecular weight is 296 g/mol. The van der Waals surface area contributed by atoms with E-state index in [1.807, 2.05) is 0 Å². The number of hydrogen-bond donors (Lipinski definition) is 1. The topological polar surface area (TPSA) is 20.2 Å². The second kappa shape index (κ2) is 4.75. The summed E-state index contributed by atoms with van der Waals surface area (Å²) in [6.07, 6.45) is 18.5. The number of allylic oxidation sites excluding steroid dienone is 3. The minimum absolute atomic E-state index is 0.199. The van der Waals surface area contributed by atoms with Crippen LogP contribution >= 0.6 is 0 Å². The molecule has 1 N–H and O–H groups in total. The molecule has 2 fully saturated rings. The van der Waals surface area contributed by atoms with Crippen molar-refractivity contribution in [1.29, 1.82) is 0 Å². The minimum Gasteiger partial charge on any atom is -0.389 e. The number of rotatable bonds is 0. The smallest absolute Gasteiger partial charge is 0.0724 e. The molecule has 0 aromatic heterocycles. The van der Waals surface area contributed by atoms with E-state index in [1.165, 1.54) is 44.1 Å². The summed E-state index contributed by atoms with van der Waals surface area (Å²) < 4.78 is 0. The number of terminal acetylenes is 1. The van der Waals surface area contributed by atoms with Gasteiger partial charge in [0.15, 0.2) is 0 Å². The van der Waals surface area contributed by atoms with E-state index in [0.29, 0.717) is 5.41 Å².